The van der Waals surface area contributed by atoms with Gasteiger partial charge >= 0.3 is 0 Å². The lowest BCUT2D eigenvalue weighted by molar-refractivity contribution is -0.116. The molecule has 154 valence electrons. The lowest BCUT2D eigenvalue weighted by Gasteiger charge is -2.15. The van der Waals surface area contributed by atoms with Crippen molar-refractivity contribution in [3.8, 4) is 17.4 Å². The number of carbonyl (C=O) groups is 1. The van der Waals surface area contributed by atoms with Gasteiger partial charge in [0.2, 0.25) is 18.6 Å². The van der Waals surface area contributed by atoms with Crippen LogP contribution in [0.4, 0.5) is 5.69 Å². The summed E-state index contributed by atoms with van der Waals surface area (Å²) in [5.41, 5.74) is 3.55. The highest BCUT2D eigenvalue weighted by Crippen LogP contribution is 2.34. The van der Waals surface area contributed by atoms with Crippen molar-refractivity contribution in [1.29, 1.82) is 0 Å². The molecule has 3 aromatic rings. The van der Waals surface area contributed by atoms with Crippen molar-refractivity contribution in [2.45, 2.75) is 39.7 Å². The summed E-state index contributed by atoms with van der Waals surface area (Å²) in [7, 11) is 0. The largest absolute Gasteiger partial charge is 0.454 e. The molecule has 30 heavy (non-hydrogen) atoms. The SMILES string of the molecule is Cc1cc(C)n(-c2nc3c(c(=O)n2CC(=O)Nc2ccc4c(c2)OCO4)CCC3)n1. The van der Waals surface area contributed by atoms with Gasteiger partial charge in [0.15, 0.2) is 11.5 Å². The molecule has 1 amide bonds. The molecule has 5 rings (SSSR count). The van der Waals surface area contributed by atoms with Gasteiger partial charge in [0.1, 0.15) is 6.54 Å². The molecule has 0 unspecified atom stereocenters. The Morgan fingerprint density at radius 3 is 2.80 bits per heavy atom. The molecule has 1 aliphatic carbocycles. The second-order valence-electron chi connectivity index (χ2n) is 7.54. The summed E-state index contributed by atoms with van der Waals surface area (Å²) in [5, 5.41) is 7.29. The van der Waals surface area contributed by atoms with Crippen LogP contribution < -0.4 is 20.3 Å². The number of carbonyl (C=O) groups excluding carboxylic acids is 1. The van der Waals surface area contributed by atoms with E-state index in [1.54, 1.807) is 22.9 Å². The number of anilines is 1. The first-order valence-electron chi connectivity index (χ1n) is 9.85. The van der Waals surface area contributed by atoms with E-state index < -0.39 is 0 Å². The molecule has 0 fully saturated rings. The minimum absolute atomic E-state index is 0.162. The van der Waals surface area contributed by atoms with Crippen molar-refractivity contribution < 1.29 is 14.3 Å². The molecule has 0 saturated heterocycles. The molecule has 0 saturated carbocycles. The smallest absolute Gasteiger partial charge is 0.258 e. The minimum atomic E-state index is -0.335. The summed E-state index contributed by atoms with van der Waals surface area (Å²) in [6.45, 7) is 3.78. The first-order valence-corrected chi connectivity index (χ1v) is 9.85. The van der Waals surface area contributed by atoms with Crippen LogP contribution in [0.5, 0.6) is 11.5 Å². The Kier molecular flexibility index (Phi) is 4.30. The van der Waals surface area contributed by atoms with Crippen LogP contribution in [0.25, 0.3) is 5.95 Å². The molecule has 3 heterocycles. The number of amides is 1. The number of hydrogen-bond donors (Lipinski definition) is 1. The van der Waals surface area contributed by atoms with Crippen molar-refractivity contribution >= 4 is 11.6 Å². The Balaban J connectivity index is 1.49. The minimum Gasteiger partial charge on any atom is -0.454 e. The molecule has 1 N–H and O–H groups in total. The monoisotopic (exact) mass is 407 g/mol. The predicted octanol–water partition coefficient (Wildman–Crippen LogP) is 1.90. The second-order valence-corrected chi connectivity index (χ2v) is 7.54. The molecule has 0 bridgehead atoms. The predicted molar refractivity (Wildman–Crippen MR) is 108 cm³/mol. The molecule has 2 aliphatic rings. The van der Waals surface area contributed by atoms with Gasteiger partial charge in [0.05, 0.1) is 11.4 Å². The topological polar surface area (TPSA) is 100 Å². The number of benzene rings is 1. The molecular weight excluding hydrogens is 386 g/mol. The lowest BCUT2D eigenvalue weighted by atomic mass is 10.2. The zero-order chi connectivity index (χ0) is 20.8. The maximum Gasteiger partial charge on any atom is 0.258 e. The molecule has 2 aromatic heterocycles. The van der Waals surface area contributed by atoms with Crippen LogP contribution in [0.2, 0.25) is 0 Å². The number of ether oxygens (including phenoxy) is 2. The Hall–Kier alpha value is -3.62. The van der Waals surface area contributed by atoms with Crippen molar-refractivity contribution in [2.75, 3.05) is 12.1 Å². The van der Waals surface area contributed by atoms with E-state index in [1.165, 1.54) is 4.57 Å². The number of aromatic nitrogens is 4. The van der Waals surface area contributed by atoms with Gasteiger partial charge in [0, 0.05) is 23.0 Å². The summed E-state index contributed by atoms with van der Waals surface area (Å²) in [6.07, 6.45) is 2.34. The summed E-state index contributed by atoms with van der Waals surface area (Å²) in [6, 6.07) is 7.09. The first-order chi connectivity index (χ1) is 14.5. The molecule has 9 heteroatoms. The van der Waals surface area contributed by atoms with Gasteiger partial charge in [-0.2, -0.15) is 5.10 Å². The van der Waals surface area contributed by atoms with E-state index in [9.17, 15) is 9.59 Å². The molecule has 0 radical (unpaired) electrons. The van der Waals surface area contributed by atoms with Gasteiger partial charge in [0.25, 0.3) is 5.56 Å². The quantitative estimate of drug-likeness (QED) is 0.709. The van der Waals surface area contributed by atoms with Crippen LogP contribution >= 0.6 is 0 Å². The highest BCUT2D eigenvalue weighted by Gasteiger charge is 2.24. The maximum absolute atomic E-state index is 13.2. The lowest BCUT2D eigenvalue weighted by Crippen LogP contribution is -2.34. The van der Waals surface area contributed by atoms with Crippen molar-refractivity contribution in [2.24, 2.45) is 0 Å². The Morgan fingerprint density at radius 2 is 2.00 bits per heavy atom. The maximum atomic E-state index is 13.2. The van der Waals surface area contributed by atoms with E-state index in [2.05, 4.69) is 10.4 Å². The average molecular weight is 407 g/mol. The van der Waals surface area contributed by atoms with E-state index in [0.29, 0.717) is 35.1 Å². The van der Waals surface area contributed by atoms with Gasteiger partial charge in [-0.1, -0.05) is 0 Å². The molecule has 1 aliphatic heterocycles. The summed E-state index contributed by atoms with van der Waals surface area (Å²) >= 11 is 0. The number of nitrogens with zero attached hydrogens (tertiary/aromatic N) is 4. The molecule has 1 aromatic carbocycles. The first kappa shape index (κ1) is 18.4. The number of aryl methyl sites for hydroxylation is 3. The third-order valence-electron chi connectivity index (χ3n) is 5.33. The number of fused-ring (bicyclic) bond motifs is 2. The fourth-order valence-corrected chi connectivity index (χ4v) is 3.97. The van der Waals surface area contributed by atoms with Crippen LogP contribution in [0, 0.1) is 13.8 Å². The molecular formula is C21H21N5O4. The normalized spacial score (nSPS) is 14.1. The van der Waals surface area contributed by atoms with E-state index in [0.717, 1.165) is 29.9 Å². The van der Waals surface area contributed by atoms with Crippen LogP contribution in [0.3, 0.4) is 0 Å². The third-order valence-corrected chi connectivity index (χ3v) is 5.33. The van der Waals surface area contributed by atoms with Crippen LogP contribution in [-0.4, -0.2) is 32.0 Å². The highest BCUT2D eigenvalue weighted by atomic mass is 16.7. The molecule has 0 spiro atoms. The van der Waals surface area contributed by atoms with E-state index in [1.807, 2.05) is 19.9 Å². The summed E-state index contributed by atoms with van der Waals surface area (Å²) in [4.78, 5) is 30.7. The van der Waals surface area contributed by atoms with Crippen molar-refractivity contribution in [1.82, 2.24) is 19.3 Å². The third kappa shape index (κ3) is 3.12. The fraction of sp³-hybridized carbons (Fsp3) is 0.333. The summed E-state index contributed by atoms with van der Waals surface area (Å²) < 4.78 is 13.7. The zero-order valence-corrected chi connectivity index (χ0v) is 16.8. The highest BCUT2D eigenvalue weighted by molar-refractivity contribution is 5.91. The molecule has 0 atom stereocenters. The van der Waals surface area contributed by atoms with E-state index in [4.69, 9.17) is 14.5 Å². The van der Waals surface area contributed by atoms with Gasteiger partial charge < -0.3 is 14.8 Å². The van der Waals surface area contributed by atoms with Gasteiger partial charge in [-0.25, -0.2) is 9.67 Å². The van der Waals surface area contributed by atoms with Gasteiger partial charge in [-0.15, -0.1) is 0 Å². The standard InChI is InChI=1S/C21H21N5O4/c1-12-8-13(2)26(24-12)21-23-16-5-3-4-15(16)20(28)25(21)10-19(27)22-14-6-7-17-18(9-14)30-11-29-17/h6-9H,3-5,10-11H2,1-2H3,(H,22,27). The Bertz CT molecular complexity index is 1230. The summed E-state index contributed by atoms with van der Waals surface area (Å²) in [5.74, 6) is 1.25. The average Bonchev–Trinajstić information content (AvgIpc) is 3.43. The second kappa shape index (κ2) is 7.01. The fourth-order valence-electron chi connectivity index (χ4n) is 3.97. The van der Waals surface area contributed by atoms with E-state index in [-0.39, 0.29) is 24.8 Å². The number of nitrogens with one attached hydrogen (secondary N) is 1. The number of hydrogen-bond acceptors (Lipinski definition) is 6. The van der Waals surface area contributed by atoms with Gasteiger partial charge in [-0.3, -0.25) is 14.2 Å². The van der Waals surface area contributed by atoms with Crippen LogP contribution in [0.15, 0.2) is 29.1 Å². The van der Waals surface area contributed by atoms with Gasteiger partial charge in [-0.05, 0) is 51.3 Å². The van der Waals surface area contributed by atoms with Crippen molar-refractivity contribution in [3.05, 3.63) is 57.3 Å². The van der Waals surface area contributed by atoms with E-state index >= 15 is 0 Å². The van der Waals surface area contributed by atoms with Crippen LogP contribution in [0.1, 0.15) is 29.1 Å². The zero-order valence-electron chi connectivity index (χ0n) is 16.8. The Morgan fingerprint density at radius 1 is 1.17 bits per heavy atom. The molecule has 9 nitrogen and oxygen atoms in total. The van der Waals surface area contributed by atoms with Crippen LogP contribution in [-0.2, 0) is 24.2 Å². The Labute approximate surface area is 172 Å². The number of rotatable bonds is 4. The van der Waals surface area contributed by atoms with Crippen molar-refractivity contribution in [3.63, 3.8) is 0 Å².